The van der Waals surface area contributed by atoms with Crippen molar-refractivity contribution in [3.05, 3.63) is 27.6 Å². The fourth-order valence-electron chi connectivity index (χ4n) is 2.00. The summed E-state index contributed by atoms with van der Waals surface area (Å²) in [7, 11) is 1.91. The standard InChI is InChI=1S/C11H16BrN5/c1-6-9(5-16(4)14-6)8(3)17-11(13)10(12)7(2)15-17/h5,8H,13H2,1-4H3. The van der Waals surface area contributed by atoms with Crippen molar-refractivity contribution >= 4 is 21.7 Å². The molecule has 0 amide bonds. The Bertz CT molecular complexity index is 554. The summed E-state index contributed by atoms with van der Waals surface area (Å²) in [6.45, 7) is 5.99. The number of hydrogen-bond acceptors (Lipinski definition) is 3. The molecule has 0 radical (unpaired) electrons. The molecule has 92 valence electrons. The second-order valence-corrected chi connectivity index (χ2v) is 5.04. The predicted molar refractivity (Wildman–Crippen MR) is 70.8 cm³/mol. The molecular weight excluding hydrogens is 282 g/mol. The Morgan fingerprint density at radius 2 is 1.94 bits per heavy atom. The van der Waals surface area contributed by atoms with Gasteiger partial charge in [0.05, 0.1) is 21.9 Å². The first kappa shape index (κ1) is 12.2. The Morgan fingerprint density at radius 3 is 2.35 bits per heavy atom. The van der Waals surface area contributed by atoms with E-state index in [2.05, 4.69) is 33.1 Å². The molecule has 2 aromatic rings. The second kappa shape index (κ2) is 4.18. The number of nitrogen functional groups attached to an aromatic ring is 1. The number of nitrogens with two attached hydrogens (primary N) is 1. The molecule has 2 heterocycles. The molecule has 0 spiro atoms. The Balaban J connectivity index is 2.47. The summed E-state index contributed by atoms with van der Waals surface area (Å²) in [5.74, 6) is 0.651. The minimum Gasteiger partial charge on any atom is -0.383 e. The summed E-state index contributed by atoms with van der Waals surface area (Å²) in [6.07, 6.45) is 2.00. The Hall–Kier alpha value is -1.30. The van der Waals surface area contributed by atoms with Gasteiger partial charge in [-0.2, -0.15) is 10.2 Å². The molecule has 17 heavy (non-hydrogen) atoms. The van der Waals surface area contributed by atoms with Gasteiger partial charge in [0.2, 0.25) is 0 Å². The first-order chi connectivity index (χ1) is 7.91. The van der Waals surface area contributed by atoms with Crippen molar-refractivity contribution in [2.45, 2.75) is 26.8 Å². The molecular formula is C11H16BrN5. The van der Waals surface area contributed by atoms with E-state index in [0.29, 0.717) is 5.82 Å². The number of aryl methyl sites for hydroxylation is 3. The zero-order valence-electron chi connectivity index (χ0n) is 10.4. The summed E-state index contributed by atoms with van der Waals surface area (Å²) in [6, 6.07) is 0.0775. The number of anilines is 1. The van der Waals surface area contributed by atoms with Crippen LogP contribution >= 0.6 is 15.9 Å². The highest BCUT2D eigenvalue weighted by Gasteiger charge is 2.19. The van der Waals surface area contributed by atoms with Gasteiger partial charge in [-0.25, -0.2) is 4.68 Å². The first-order valence-electron chi connectivity index (χ1n) is 5.42. The van der Waals surface area contributed by atoms with Gasteiger partial charge in [-0.15, -0.1) is 0 Å². The predicted octanol–water partition coefficient (Wildman–Crippen LogP) is 2.19. The maximum Gasteiger partial charge on any atom is 0.137 e. The second-order valence-electron chi connectivity index (χ2n) is 4.25. The van der Waals surface area contributed by atoms with E-state index < -0.39 is 0 Å². The lowest BCUT2D eigenvalue weighted by Crippen LogP contribution is -2.12. The van der Waals surface area contributed by atoms with Gasteiger partial charge in [-0.05, 0) is 36.7 Å². The number of hydrogen-bond donors (Lipinski definition) is 1. The molecule has 0 aliphatic carbocycles. The SMILES string of the molecule is Cc1nn(C)cc1C(C)n1nc(C)c(Br)c1N. The maximum atomic E-state index is 6.02. The van der Waals surface area contributed by atoms with E-state index in [1.54, 1.807) is 0 Å². The summed E-state index contributed by atoms with van der Waals surface area (Å²) in [5.41, 5.74) is 9.06. The molecule has 0 aliphatic heterocycles. The van der Waals surface area contributed by atoms with Crippen molar-refractivity contribution < 1.29 is 0 Å². The lowest BCUT2D eigenvalue weighted by atomic mass is 10.1. The average molecular weight is 298 g/mol. The molecule has 0 saturated carbocycles. The van der Waals surface area contributed by atoms with E-state index in [1.807, 2.05) is 36.5 Å². The van der Waals surface area contributed by atoms with Gasteiger partial charge in [0, 0.05) is 18.8 Å². The van der Waals surface area contributed by atoms with Crippen LogP contribution in [0.25, 0.3) is 0 Å². The van der Waals surface area contributed by atoms with Crippen LogP contribution in [0.1, 0.15) is 29.9 Å². The van der Waals surface area contributed by atoms with Crippen LogP contribution in [0.2, 0.25) is 0 Å². The summed E-state index contributed by atoms with van der Waals surface area (Å²) < 4.78 is 4.50. The highest BCUT2D eigenvalue weighted by molar-refractivity contribution is 9.10. The molecule has 1 unspecified atom stereocenters. The maximum absolute atomic E-state index is 6.02. The topological polar surface area (TPSA) is 61.7 Å². The van der Waals surface area contributed by atoms with Gasteiger partial charge in [0.25, 0.3) is 0 Å². The number of halogens is 1. The van der Waals surface area contributed by atoms with E-state index in [0.717, 1.165) is 21.4 Å². The number of rotatable bonds is 2. The average Bonchev–Trinajstić information content (AvgIpc) is 2.72. The smallest absolute Gasteiger partial charge is 0.137 e. The third kappa shape index (κ3) is 1.97. The van der Waals surface area contributed by atoms with Crippen molar-refractivity contribution in [3.63, 3.8) is 0 Å². The fraction of sp³-hybridized carbons (Fsp3) is 0.455. The molecule has 0 saturated heterocycles. The third-order valence-electron chi connectivity index (χ3n) is 2.92. The monoisotopic (exact) mass is 297 g/mol. The Morgan fingerprint density at radius 1 is 1.29 bits per heavy atom. The molecule has 0 fully saturated rings. The molecule has 0 aliphatic rings. The van der Waals surface area contributed by atoms with Gasteiger partial charge in [0.15, 0.2) is 0 Å². The minimum absolute atomic E-state index is 0.0775. The van der Waals surface area contributed by atoms with Crippen LogP contribution in [0.15, 0.2) is 10.7 Å². The molecule has 2 rings (SSSR count). The van der Waals surface area contributed by atoms with Crippen LogP contribution < -0.4 is 5.73 Å². The summed E-state index contributed by atoms with van der Waals surface area (Å²) in [4.78, 5) is 0. The molecule has 2 aromatic heterocycles. The van der Waals surface area contributed by atoms with Gasteiger partial charge in [-0.3, -0.25) is 4.68 Å². The molecule has 0 aromatic carbocycles. The van der Waals surface area contributed by atoms with Crippen LogP contribution in [0.3, 0.4) is 0 Å². The quantitative estimate of drug-likeness (QED) is 0.924. The highest BCUT2D eigenvalue weighted by Crippen LogP contribution is 2.29. The Labute approximate surface area is 109 Å². The lowest BCUT2D eigenvalue weighted by Gasteiger charge is -2.13. The first-order valence-corrected chi connectivity index (χ1v) is 6.21. The van der Waals surface area contributed by atoms with Gasteiger partial charge in [0.1, 0.15) is 5.82 Å². The zero-order valence-corrected chi connectivity index (χ0v) is 12.0. The van der Waals surface area contributed by atoms with Crippen LogP contribution in [-0.4, -0.2) is 19.6 Å². The van der Waals surface area contributed by atoms with Crippen LogP contribution in [0.5, 0.6) is 0 Å². The zero-order chi connectivity index (χ0) is 12.7. The van der Waals surface area contributed by atoms with E-state index >= 15 is 0 Å². The summed E-state index contributed by atoms with van der Waals surface area (Å²) >= 11 is 3.44. The number of aromatic nitrogens is 4. The normalized spacial score (nSPS) is 13.0. The third-order valence-corrected chi connectivity index (χ3v) is 3.90. The number of nitrogens with zero attached hydrogens (tertiary/aromatic N) is 4. The molecule has 1 atom stereocenters. The van der Waals surface area contributed by atoms with Crippen molar-refractivity contribution in [1.29, 1.82) is 0 Å². The fourth-order valence-corrected chi connectivity index (χ4v) is 2.26. The van der Waals surface area contributed by atoms with Crippen molar-refractivity contribution in [1.82, 2.24) is 19.6 Å². The van der Waals surface area contributed by atoms with Crippen molar-refractivity contribution in [3.8, 4) is 0 Å². The van der Waals surface area contributed by atoms with Crippen molar-refractivity contribution in [2.24, 2.45) is 7.05 Å². The largest absolute Gasteiger partial charge is 0.383 e. The van der Waals surface area contributed by atoms with Crippen LogP contribution in [-0.2, 0) is 7.05 Å². The summed E-state index contributed by atoms with van der Waals surface area (Å²) in [5, 5.41) is 8.78. The van der Waals surface area contributed by atoms with E-state index in [4.69, 9.17) is 5.73 Å². The molecule has 5 nitrogen and oxygen atoms in total. The minimum atomic E-state index is 0.0775. The van der Waals surface area contributed by atoms with Gasteiger partial charge >= 0.3 is 0 Å². The molecule has 0 bridgehead atoms. The molecule has 6 heteroatoms. The molecule has 2 N–H and O–H groups in total. The van der Waals surface area contributed by atoms with Crippen LogP contribution in [0, 0.1) is 13.8 Å². The van der Waals surface area contributed by atoms with Gasteiger partial charge in [-0.1, -0.05) is 0 Å². The highest BCUT2D eigenvalue weighted by atomic mass is 79.9. The van der Waals surface area contributed by atoms with E-state index in [1.165, 1.54) is 0 Å². The lowest BCUT2D eigenvalue weighted by molar-refractivity contribution is 0.566. The van der Waals surface area contributed by atoms with Crippen LogP contribution in [0.4, 0.5) is 5.82 Å². The van der Waals surface area contributed by atoms with E-state index in [9.17, 15) is 0 Å². The van der Waals surface area contributed by atoms with E-state index in [-0.39, 0.29) is 6.04 Å². The van der Waals surface area contributed by atoms with Crippen molar-refractivity contribution in [2.75, 3.05) is 5.73 Å². The Kier molecular flexibility index (Phi) is 2.99. The van der Waals surface area contributed by atoms with Gasteiger partial charge < -0.3 is 5.73 Å².